The van der Waals surface area contributed by atoms with Gasteiger partial charge in [-0.05, 0) is 43.4 Å². The molecule has 1 aliphatic carbocycles. The second kappa shape index (κ2) is 7.34. The number of hydrogen-bond acceptors (Lipinski definition) is 3. The summed E-state index contributed by atoms with van der Waals surface area (Å²) in [5.74, 6) is 0.314. The van der Waals surface area contributed by atoms with Gasteiger partial charge in [-0.1, -0.05) is 30.3 Å². The number of amides is 2. The summed E-state index contributed by atoms with van der Waals surface area (Å²) in [5, 5.41) is 5.70. The molecule has 0 spiro atoms. The van der Waals surface area contributed by atoms with Crippen molar-refractivity contribution >= 4 is 11.8 Å². The number of carbonyl (C=O) groups excluding carboxylic acids is 2. The van der Waals surface area contributed by atoms with Gasteiger partial charge in [0.2, 0.25) is 11.8 Å². The van der Waals surface area contributed by atoms with Crippen molar-refractivity contribution < 1.29 is 14.0 Å². The van der Waals surface area contributed by atoms with E-state index in [1.165, 1.54) is 5.56 Å². The Hall–Kier alpha value is -2.56. The predicted octanol–water partition coefficient (Wildman–Crippen LogP) is 2.43. The minimum absolute atomic E-state index is 0.160. The van der Waals surface area contributed by atoms with Crippen LogP contribution in [0.25, 0.3) is 0 Å². The highest BCUT2D eigenvalue weighted by Crippen LogP contribution is 2.46. The van der Waals surface area contributed by atoms with Gasteiger partial charge in [0.05, 0.1) is 12.8 Å². The molecule has 1 fully saturated rings. The van der Waals surface area contributed by atoms with Crippen LogP contribution in [0.2, 0.25) is 0 Å². The highest BCUT2D eigenvalue weighted by atomic mass is 16.3. The first kappa shape index (κ1) is 16.3. The molecule has 0 unspecified atom stereocenters. The van der Waals surface area contributed by atoms with E-state index < -0.39 is 5.41 Å². The number of benzene rings is 1. The molecule has 3 rings (SSSR count). The van der Waals surface area contributed by atoms with E-state index in [-0.39, 0.29) is 11.8 Å². The van der Waals surface area contributed by atoms with Crippen LogP contribution < -0.4 is 10.6 Å². The molecule has 2 aromatic rings. The van der Waals surface area contributed by atoms with Crippen LogP contribution in [0.15, 0.2) is 53.1 Å². The van der Waals surface area contributed by atoms with Gasteiger partial charge in [0.25, 0.3) is 0 Å². The summed E-state index contributed by atoms with van der Waals surface area (Å²) < 4.78 is 5.18. The average Bonchev–Trinajstić information content (AvgIpc) is 3.27. The van der Waals surface area contributed by atoms with Crippen LogP contribution in [0, 0.1) is 5.41 Å². The first-order valence-electron chi connectivity index (χ1n) is 8.34. The van der Waals surface area contributed by atoms with Crippen molar-refractivity contribution in [1.82, 2.24) is 10.6 Å². The lowest BCUT2D eigenvalue weighted by Crippen LogP contribution is -2.43. The number of furan rings is 1. The van der Waals surface area contributed by atoms with Crippen LogP contribution in [0.3, 0.4) is 0 Å². The second-order valence-electron chi connectivity index (χ2n) is 6.19. The zero-order valence-corrected chi connectivity index (χ0v) is 13.6. The van der Waals surface area contributed by atoms with Crippen LogP contribution in [0.4, 0.5) is 0 Å². The van der Waals surface area contributed by atoms with Crippen molar-refractivity contribution in [2.75, 3.05) is 6.54 Å². The Bertz CT molecular complexity index is 676. The lowest BCUT2D eigenvalue weighted by molar-refractivity contribution is -0.137. The van der Waals surface area contributed by atoms with Crippen LogP contribution in [0.5, 0.6) is 0 Å². The van der Waals surface area contributed by atoms with Crippen molar-refractivity contribution in [2.24, 2.45) is 5.41 Å². The Balaban J connectivity index is 1.41. The number of carbonyl (C=O) groups is 2. The molecule has 126 valence electrons. The summed E-state index contributed by atoms with van der Waals surface area (Å²) in [6, 6.07) is 13.7. The molecule has 1 aliphatic rings. The molecule has 1 heterocycles. The summed E-state index contributed by atoms with van der Waals surface area (Å²) in [4.78, 5) is 24.7. The van der Waals surface area contributed by atoms with Crippen molar-refractivity contribution in [3.63, 3.8) is 0 Å². The van der Waals surface area contributed by atoms with Crippen LogP contribution in [-0.4, -0.2) is 18.4 Å². The molecule has 2 N–H and O–H groups in total. The Kier molecular flexibility index (Phi) is 4.99. The normalized spacial score (nSPS) is 14.8. The smallest absolute Gasteiger partial charge is 0.236 e. The van der Waals surface area contributed by atoms with Crippen LogP contribution in [0.1, 0.15) is 30.6 Å². The maximum absolute atomic E-state index is 12.3. The monoisotopic (exact) mass is 326 g/mol. The molecule has 1 aromatic heterocycles. The fraction of sp³-hybridized carbons (Fsp3) is 0.368. The van der Waals surface area contributed by atoms with Gasteiger partial charge >= 0.3 is 0 Å². The largest absolute Gasteiger partial charge is 0.467 e. The van der Waals surface area contributed by atoms with E-state index in [0.29, 0.717) is 31.7 Å². The van der Waals surface area contributed by atoms with Gasteiger partial charge in [-0.25, -0.2) is 0 Å². The number of rotatable bonds is 8. The van der Waals surface area contributed by atoms with Crippen molar-refractivity contribution in [1.29, 1.82) is 0 Å². The van der Waals surface area contributed by atoms with E-state index in [9.17, 15) is 9.59 Å². The molecular formula is C19H22N2O3. The van der Waals surface area contributed by atoms with Gasteiger partial charge in [-0.3, -0.25) is 9.59 Å². The average molecular weight is 326 g/mol. The summed E-state index contributed by atoms with van der Waals surface area (Å²) in [6.07, 6.45) is 4.56. The SMILES string of the molecule is O=C(NCCCc1ccccc1)C1(C(=O)NCc2ccco2)CC1. The Morgan fingerprint density at radius 3 is 2.42 bits per heavy atom. The molecule has 0 radical (unpaired) electrons. The summed E-state index contributed by atoms with van der Waals surface area (Å²) >= 11 is 0. The topological polar surface area (TPSA) is 71.3 Å². The molecule has 0 bridgehead atoms. The van der Waals surface area contributed by atoms with Crippen molar-refractivity contribution in [3.8, 4) is 0 Å². The zero-order valence-electron chi connectivity index (χ0n) is 13.6. The lowest BCUT2D eigenvalue weighted by atomic mass is 10.0. The minimum Gasteiger partial charge on any atom is -0.467 e. The Morgan fingerprint density at radius 2 is 1.75 bits per heavy atom. The minimum atomic E-state index is -0.876. The summed E-state index contributed by atoms with van der Waals surface area (Å²) in [7, 11) is 0. The number of aryl methyl sites for hydroxylation is 1. The van der Waals surface area contributed by atoms with E-state index in [2.05, 4.69) is 22.8 Å². The van der Waals surface area contributed by atoms with E-state index in [0.717, 1.165) is 12.8 Å². The first-order valence-corrected chi connectivity index (χ1v) is 8.34. The fourth-order valence-electron chi connectivity index (χ4n) is 2.74. The van der Waals surface area contributed by atoms with Crippen molar-refractivity contribution in [2.45, 2.75) is 32.2 Å². The Labute approximate surface area is 141 Å². The predicted molar refractivity (Wildman–Crippen MR) is 90.0 cm³/mol. The molecule has 24 heavy (non-hydrogen) atoms. The molecular weight excluding hydrogens is 304 g/mol. The molecule has 0 saturated heterocycles. The molecule has 0 atom stereocenters. The standard InChI is InChI=1S/C19H22N2O3/c22-17(20-12-4-8-15-6-2-1-3-7-15)19(10-11-19)18(23)21-14-16-9-5-13-24-16/h1-3,5-7,9,13H,4,8,10-12,14H2,(H,20,22)(H,21,23). The molecule has 5 heteroatoms. The fourth-order valence-corrected chi connectivity index (χ4v) is 2.74. The molecule has 0 aliphatic heterocycles. The third-order valence-corrected chi connectivity index (χ3v) is 4.39. The number of hydrogen-bond donors (Lipinski definition) is 2. The lowest BCUT2D eigenvalue weighted by Gasteiger charge is -2.15. The van der Waals surface area contributed by atoms with Crippen molar-refractivity contribution in [3.05, 3.63) is 60.1 Å². The third-order valence-electron chi connectivity index (χ3n) is 4.39. The van der Waals surface area contributed by atoms with Gasteiger partial charge in [-0.15, -0.1) is 0 Å². The summed E-state index contributed by atoms with van der Waals surface area (Å²) in [5.41, 5.74) is 0.378. The van der Waals surface area contributed by atoms with E-state index in [1.807, 2.05) is 18.2 Å². The quantitative estimate of drug-likeness (QED) is 0.578. The second-order valence-corrected chi connectivity index (χ2v) is 6.19. The Morgan fingerprint density at radius 1 is 1.00 bits per heavy atom. The highest BCUT2D eigenvalue weighted by Gasteiger charge is 2.56. The van der Waals surface area contributed by atoms with Gasteiger partial charge in [-0.2, -0.15) is 0 Å². The molecule has 2 amide bonds. The van der Waals surface area contributed by atoms with E-state index in [4.69, 9.17) is 4.42 Å². The van der Waals surface area contributed by atoms with E-state index >= 15 is 0 Å². The van der Waals surface area contributed by atoms with Gasteiger partial charge in [0.1, 0.15) is 11.2 Å². The summed E-state index contributed by atoms with van der Waals surface area (Å²) in [6.45, 7) is 0.899. The van der Waals surface area contributed by atoms with Crippen LogP contribution >= 0.6 is 0 Å². The van der Waals surface area contributed by atoms with Gasteiger partial charge in [0, 0.05) is 6.54 Å². The van der Waals surface area contributed by atoms with Gasteiger partial charge < -0.3 is 15.1 Å². The number of nitrogens with one attached hydrogen (secondary N) is 2. The molecule has 1 aromatic carbocycles. The zero-order chi connectivity index (χ0) is 16.8. The molecule has 1 saturated carbocycles. The maximum Gasteiger partial charge on any atom is 0.236 e. The van der Waals surface area contributed by atoms with Crippen LogP contribution in [-0.2, 0) is 22.6 Å². The maximum atomic E-state index is 12.3. The first-order chi connectivity index (χ1) is 11.7. The van der Waals surface area contributed by atoms with Gasteiger partial charge in [0.15, 0.2) is 0 Å². The highest BCUT2D eigenvalue weighted by molar-refractivity contribution is 6.07. The van der Waals surface area contributed by atoms with E-state index in [1.54, 1.807) is 18.4 Å². The molecule has 5 nitrogen and oxygen atoms in total. The third kappa shape index (κ3) is 3.85.